The summed E-state index contributed by atoms with van der Waals surface area (Å²) >= 11 is 0. The summed E-state index contributed by atoms with van der Waals surface area (Å²) in [6.07, 6.45) is 2.87. The Morgan fingerprint density at radius 2 is 1.75 bits per heavy atom. The summed E-state index contributed by atoms with van der Waals surface area (Å²) in [6.45, 7) is 6.52. The van der Waals surface area contributed by atoms with Crippen LogP contribution in [0.15, 0.2) is 0 Å². The highest BCUT2D eigenvalue weighted by Gasteiger charge is 2.49. The van der Waals surface area contributed by atoms with Gasteiger partial charge in [0.2, 0.25) is 0 Å². The van der Waals surface area contributed by atoms with Crippen molar-refractivity contribution in [2.24, 2.45) is 0 Å². The van der Waals surface area contributed by atoms with Crippen molar-refractivity contribution in [1.29, 1.82) is 0 Å². The van der Waals surface area contributed by atoms with Crippen LogP contribution >= 0.6 is 0 Å². The quantitative estimate of drug-likeness (QED) is 0.500. The highest BCUT2D eigenvalue weighted by molar-refractivity contribution is 4.97. The summed E-state index contributed by atoms with van der Waals surface area (Å²) in [7, 11) is 0. The maximum Gasteiger partial charge on any atom is 0.0940 e. The van der Waals surface area contributed by atoms with Gasteiger partial charge >= 0.3 is 0 Å². The number of ether oxygens (including phenoxy) is 1. The van der Waals surface area contributed by atoms with Crippen LogP contribution in [0.1, 0.15) is 33.6 Å². The molecule has 1 fully saturated rings. The Bertz CT molecular complexity index is 78.9. The second-order valence-electron chi connectivity index (χ2n) is 2.53. The van der Waals surface area contributed by atoms with Crippen LogP contribution in [-0.4, -0.2) is 11.7 Å². The molecule has 0 aromatic heterocycles. The molecule has 1 aliphatic rings. The Morgan fingerprint density at radius 1 is 1.38 bits per heavy atom. The lowest BCUT2D eigenvalue weighted by Gasteiger charge is -2.02. The minimum Gasteiger partial charge on any atom is -0.366 e. The molecule has 1 aliphatic heterocycles. The van der Waals surface area contributed by atoms with Crippen molar-refractivity contribution >= 4 is 0 Å². The molecule has 0 bridgehead atoms. The lowest BCUT2D eigenvalue weighted by Crippen LogP contribution is -2.09. The zero-order chi connectivity index (χ0) is 6.20. The van der Waals surface area contributed by atoms with Gasteiger partial charge < -0.3 is 4.74 Å². The van der Waals surface area contributed by atoms with E-state index in [9.17, 15) is 0 Å². The van der Waals surface area contributed by atoms with Crippen molar-refractivity contribution in [3.8, 4) is 0 Å². The van der Waals surface area contributed by atoms with Crippen LogP contribution in [0.5, 0.6) is 0 Å². The minimum absolute atomic E-state index is 0.292. The van der Waals surface area contributed by atoms with Crippen molar-refractivity contribution in [3.63, 3.8) is 0 Å². The lowest BCUT2D eigenvalue weighted by molar-refractivity contribution is 0.281. The summed E-state index contributed by atoms with van der Waals surface area (Å²) < 4.78 is 5.40. The van der Waals surface area contributed by atoms with Gasteiger partial charge in [-0.2, -0.15) is 0 Å². The van der Waals surface area contributed by atoms with Crippen molar-refractivity contribution in [2.45, 2.75) is 45.3 Å². The summed E-state index contributed by atoms with van der Waals surface area (Å²) in [6, 6.07) is 0. The molecule has 1 rings (SSSR count). The molecule has 1 unspecified atom stereocenters. The first-order valence-electron chi connectivity index (χ1n) is 3.43. The molecule has 1 heteroatoms. The zero-order valence-electron chi connectivity index (χ0n) is 5.90. The molecular weight excluding hydrogens is 100 g/mol. The minimum atomic E-state index is 0.292. The molecule has 1 atom stereocenters. The fourth-order valence-corrected chi connectivity index (χ4v) is 1.31. The van der Waals surface area contributed by atoms with Crippen LogP contribution in [0, 0.1) is 0 Å². The summed E-state index contributed by atoms with van der Waals surface area (Å²) in [5.74, 6) is 0. The van der Waals surface area contributed by atoms with Crippen LogP contribution in [0.4, 0.5) is 0 Å². The monoisotopic (exact) mass is 114 g/mol. The van der Waals surface area contributed by atoms with E-state index in [1.54, 1.807) is 0 Å². The molecule has 1 nitrogen and oxygen atoms in total. The predicted molar refractivity (Wildman–Crippen MR) is 33.9 cm³/mol. The molecule has 0 amide bonds. The first kappa shape index (κ1) is 6.09. The summed E-state index contributed by atoms with van der Waals surface area (Å²) in [5, 5.41) is 0. The average molecular weight is 114 g/mol. The van der Waals surface area contributed by atoms with Crippen molar-refractivity contribution in [1.82, 2.24) is 0 Å². The van der Waals surface area contributed by atoms with E-state index in [2.05, 4.69) is 20.8 Å². The Hall–Kier alpha value is -0.0400. The zero-order valence-corrected chi connectivity index (χ0v) is 5.90. The smallest absolute Gasteiger partial charge is 0.0940 e. The van der Waals surface area contributed by atoms with Gasteiger partial charge in [-0.05, 0) is 19.8 Å². The third-order valence-electron chi connectivity index (χ3n) is 2.29. The second-order valence-corrected chi connectivity index (χ2v) is 2.53. The molecule has 48 valence electrons. The first-order valence-corrected chi connectivity index (χ1v) is 3.43. The number of hydrogen-bond acceptors (Lipinski definition) is 1. The van der Waals surface area contributed by atoms with Gasteiger partial charge in [0.1, 0.15) is 0 Å². The summed E-state index contributed by atoms with van der Waals surface area (Å²) in [4.78, 5) is 0. The highest BCUT2D eigenvalue weighted by atomic mass is 16.6. The average Bonchev–Trinajstić information content (AvgIpc) is 2.43. The van der Waals surface area contributed by atoms with E-state index in [0.717, 1.165) is 0 Å². The van der Waals surface area contributed by atoms with Crippen LogP contribution in [0.3, 0.4) is 0 Å². The Labute approximate surface area is 51.0 Å². The van der Waals surface area contributed by atoms with Gasteiger partial charge in [0.05, 0.1) is 11.7 Å². The van der Waals surface area contributed by atoms with Gasteiger partial charge in [0, 0.05) is 0 Å². The molecule has 0 N–H and O–H groups in total. The second kappa shape index (κ2) is 1.73. The third-order valence-corrected chi connectivity index (χ3v) is 2.29. The van der Waals surface area contributed by atoms with Gasteiger partial charge in [0.25, 0.3) is 0 Å². The number of epoxide rings is 1. The van der Waals surface area contributed by atoms with Crippen molar-refractivity contribution in [3.05, 3.63) is 0 Å². The molecule has 0 saturated carbocycles. The topological polar surface area (TPSA) is 12.5 Å². The fourth-order valence-electron chi connectivity index (χ4n) is 1.31. The number of rotatable bonds is 2. The largest absolute Gasteiger partial charge is 0.366 e. The van der Waals surface area contributed by atoms with Crippen LogP contribution in [0.25, 0.3) is 0 Å². The van der Waals surface area contributed by atoms with E-state index in [1.165, 1.54) is 12.8 Å². The van der Waals surface area contributed by atoms with Gasteiger partial charge in [-0.25, -0.2) is 0 Å². The Balaban J connectivity index is 2.39. The maximum absolute atomic E-state index is 5.40. The normalized spacial score (nSPS) is 32.6. The highest BCUT2D eigenvalue weighted by Crippen LogP contribution is 2.41. The van der Waals surface area contributed by atoms with Gasteiger partial charge in [-0.3, -0.25) is 0 Å². The molecule has 1 saturated heterocycles. The molecule has 8 heavy (non-hydrogen) atoms. The first-order chi connectivity index (χ1) is 3.75. The molecule has 0 aromatic rings. The van der Waals surface area contributed by atoms with Crippen molar-refractivity contribution in [2.75, 3.05) is 0 Å². The van der Waals surface area contributed by atoms with E-state index < -0.39 is 0 Å². The Kier molecular flexibility index (Phi) is 1.31. The van der Waals surface area contributed by atoms with Crippen LogP contribution in [-0.2, 0) is 4.74 Å². The molecule has 0 aromatic carbocycles. The maximum atomic E-state index is 5.40. The van der Waals surface area contributed by atoms with Gasteiger partial charge in [-0.1, -0.05) is 13.8 Å². The van der Waals surface area contributed by atoms with Crippen LogP contribution in [0.2, 0.25) is 0 Å². The van der Waals surface area contributed by atoms with E-state index in [4.69, 9.17) is 4.74 Å². The van der Waals surface area contributed by atoms with Gasteiger partial charge in [0.15, 0.2) is 0 Å². The van der Waals surface area contributed by atoms with Gasteiger partial charge in [-0.15, -0.1) is 0 Å². The van der Waals surface area contributed by atoms with Crippen LogP contribution < -0.4 is 0 Å². The number of hydrogen-bond donors (Lipinski definition) is 0. The van der Waals surface area contributed by atoms with E-state index in [1.807, 2.05) is 0 Å². The molecule has 1 heterocycles. The molecule has 0 radical (unpaired) electrons. The van der Waals surface area contributed by atoms with Crippen molar-refractivity contribution < 1.29 is 4.74 Å². The van der Waals surface area contributed by atoms with E-state index in [0.29, 0.717) is 11.7 Å². The van der Waals surface area contributed by atoms with E-state index >= 15 is 0 Å². The third kappa shape index (κ3) is 0.655. The summed E-state index contributed by atoms with van der Waals surface area (Å²) in [5.41, 5.74) is 0.292. The molecular formula is C7H14O. The fraction of sp³-hybridized carbons (Fsp3) is 1.00. The molecule has 0 aliphatic carbocycles. The SMILES string of the molecule is CCC1(CC)OC1C. The van der Waals surface area contributed by atoms with E-state index in [-0.39, 0.29) is 0 Å². The standard InChI is InChI=1S/C7H14O/c1-4-7(5-2)6(3)8-7/h6H,4-5H2,1-3H3. The predicted octanol–water partition coefficient (Wildman–Crippen LogP) is 1.96. The Morgan fingerprint density at radius 3 is 1.75 bits per heavy atom. The lowest BCUT2D eigenvalue weighted by atomic mass is 10.0. The molecule has 0 spiro atoms.